The molecule has 0 bridgehead atoms. The lowest BCUT2D eigenvalue weighted by Gasteiger charge is -2.38. The van der Waals surface area contributed by atoms with Gasteiger partial charge in [-0.05, 0) is 63.3 Å². The number of nitrogens with zero attached hydrogens (tertiary/aromatic N) is 2. The van der Waals surface area contributed by atoms with E-state index in [9.17, 15) is 18.0 Å². The smallest absolute Gasteiger partial charge is 0.410 e. The van der Waals surface area contributed by atoms with Crippen molar-refractivity contribution < 1.29 is 27.4 Å². The van der Waals surface area contributed by atoms with E-state index in [1.807, 2.05) is 39.0 Å². The average Bonchev–Trinajstić information content (AvgIpc) is 3.42. The number of likely N-dealkylation sites (tertiary alicyclic amines) is 1. The SMILES string of the molecule is CCS(=O)(=O)Cc1ccc(OC2CC(OCC3CCN(C(=O)OC(C)(C)C)CC3)C2)c(-c2cn(C)c(=O)c3[nH]ccc23)c1. The Morgan fingerprint density at radius 2 is 1.79 bits per heavy atom. The van der Waals surface area contributed by atoms with Crippen molar-refractivity contribution in [2.24, 2.45) is 13.0 Å². The van der Waals surface area contributed by atoms with E-state index >= 15 is 0 Å². The second-order valence-corrected chi connectivity index (χ2v) is 15.2. The lowest BCUT2D eigenvalue weighted by atomic mass is 9.91. The molecule has 1 aliphatic heterocycles. The molecule has 1 aliphatic carbocycles. The van der Waals surface area contributed by atoms with Crippen LogP contribution in [-0.2, 0) is 32.1 Å². The summed E-state index contributed by atoms with van der Waals surface area (Å²) in [4.78, 5) is 29.8. The summed E-state index contributed by atoms with van der Waals surface area (Å²) in [5.41, 5.74) is 2.09. The van der Waals surface area contributed by atoms with Gasteiger partial charge < -0.3 is 28.7 Å². The number of aryl methyl sites for hydroxylation is 1. The van der Waals surface area contributed by atoms with Crippen LogP contribution in [0.2, 0.25) is 0 Å². The molecule has 0 spiro atoms. The van der Waals surface area contributed by atoms with Crippen LogP contribution in [-0.4, -0.2) is 72.2 Å². The van der Waals surface area contributed by atoms with Crippen LogP contribution in [0.5, 0.6) is 5.75 Å². The lowest BCUT2D eigenvalue weighted by molar-refractivity contribution is -0.0761. The molecule has 0 unspecified atom stereocenters. The minimum atomic E-state index is -3.23. The van der Waals surface area contributed by atoms with Crippen molar-refractivity contribution in [3.05, 3.63) is 52.6 Å². The van der Waals surface area contributed by atoms with Crippen LogP contribution >= 0.6 is 0 Å². The lowest BCUT2D eigenvalue weighted by Crippen LogP contribution is -2.44. The third kappa shape index (κ3) is 7.44. The van der Waals surface area contributed by atoms with Gasteiger partial charge in [0.25, 0.3) is 5.56 Å². The fraction of sp³-hybridized carbons (Fsp3) is 0.562. The number of aromatic amines is 1. The minimum absolute atomic E-state index is 0.0303. The molecular weight excluding hydrogens is 570 g/mol. The van der Waals surface area contributed by atoms with Crippen LogP contribution in [0.1, 0.15) is 58.9 Å². The number of piperidine rings is 1. The summed E-state index contributed by atoms with van der Waals surface area (Å²) in [7, 11) is -1.53. The molecule has 2 aromatic heterocycles. The van der Waals surface area contributed by atoms with E-state index in [0.29, 0.717) is 42.4 Å². The number of aromatic nitrogens is 2. The van der Waals surface area contributed by atoms with Gasteiger partial charge in [-0.3, -0.25) is 4.79 Å². The molecule has 0 atom stereocenters. The number of hydrogen-bond donors (Lipinski definition) is 1. The number of amides is 1. The molecule has 3 heterocycles. The van der Waals surface area contributed by atoms with E-state index in [1.165, 1.54) is 4.57 Å². The Balaban J connectivity index is 1.22. The number of pyridine rings is 1. The Bertz CT molecular complexity index is 1620. The monoisotopic (exact) mass is 613 g/mol. The second kappa shape index (κ2) is 12.4. The van der Waals surface area contributed by atoms with Crippen molar-refractivity contribution in [3.63, 3.8) is 0 Å². The number of hydrogen-bond acceptors (Lipinski definition) is 7. The number of rotatable bonds is 9. The quantitative estimate of drug-likeness (QED) is 0.359. The molecule has 10 nitrogen and oxygen atoms in total. The van der Waals surface area contributed by atoms with Crippen molar-refractivity contribution in [3.8, 4) is 16.9 Å². The number of fused-ring (bicyclic) bond motifs is 1. The van der Waals surface area contributed by atoms with Crippen LogP contribution in [0, 0.1) is 5.92 Å². The Kier molecular flexibility index (Phi) is 8.94. The molecule has 1 amide bonds. The summed E-state index contributed by atoms with van der Waals surface area (Å²) in [6.07, 6.45) is 6.64. The van der Waals surface area contributed by atoms with Gasteiger partial charge in [-0.25, -0.2) is 13.2 Å². The van der Waals surface area contributed by atoms with Gasteiger partial charge in [0.1, 0.15) is 23.0 Å². The average molecular weight is 614 g/mol. The van der Waals surface area contributed by atoms with Crippen molar-refractivity contribution in [1.29, 1.82) is 0 Å². The number of ether oxygens (including phenoxy) is 3. The number of sulfone groups is 1. The van der Waals surface area contributed by atoms with Crippen LogP contribution in [0.4, 0.5) is 4.79 Å². The molecule has 2 aliphatic rings. The molecule has 234 valence electrons. The first-order valence-electron chi connectivity index (χ1n) is 15.1. The summed E-state index contributed by atoms with van der Waals surface area (Å²) < 4.78 is 44.5. The van der Waals surface area contributed by atoms with Gasteiger partial charge in [0.2, 0.25) is 0 Å². The highest BCUT2D eigenvalue weighted by Gasteiger charge is 2.34. The molecule has 1 aromatic carbocycles. The molecule has 2 fully saturated rings. The van der Waals surface area contributed by atoms with Crippen LogP contribution in [0.15, 0.2) is 41.5 Å². The molecular formula is C32H43N3O7S. The van der Waals surface area contributed by atoms with E-state index in [-0.39, 0.29) is 35.4 Å². The zero-order valence-electron chi connectivity index (χ0n) is 25.7. The van der Waals surface area contributed by atoms with Crippen LogP contribution < -0.4 is 10.3 Å². The fourth-order valence-corrected chi connectivity index (χ4v) is 6.52. The third-order valence-electron chi connectivity index (χ3n) is 8.23. The molecule has 0 radical (unpaired) electrons. The molecule has 1 saturated carbocycles. The second-order valence-electron chi connectivity index (χ2n) is 12.8. The van der Waals surface area contributed by atoms with Gasteiger partial charge in [-0.15, -0.1) is 0 Å². The Labute approximate surface area is 253 Å². The summed E-state index contributed by atoms with van der Waals surface area (Å²) in [5, 5.41) is 0.760. The molecule has 3 aromatic rings. The van der Waals surface area contributed by atoms with Gasteiger partial charge in [-0.2, -0.15) is 0 Å². The van der Waals surface area contributed by atoms with Gasteiger partial charge in [0.15, 0.2) is 9.84 Å². The van der Waals surface area contributed by atoms with E-state index in [1.54, 1.807) is 37.3 Å². The predicted molar refractivity (Wildman–Crippen MR) is 166 cm³/mol. The van der Waals surface area contributed by atoms with Gasteiger partial charge in [-0.1, -0.05) is 13.0 Å². The highest BCUT2D eigenvalue weighted by atomic mass is 32.2. The van der Waals surface area contributed by atoms with Crippen LogP contribution in [0.3, 0.4) is 0 Å². The van der Waals surface area contributed by atoms with Crippen molar-refractivity contribution in [1.82, 2.24) is 14.5 Å². The number of H-pyrrole nitrogens is 1. The maximum atomic E-state index is 12.7. The number of nitrogens with one attached hydrogen (secondary N) is 1. The summed E-state index contributed by atoms with van der Waals surface area (Å²) in [6, 6.07) is 7.37. The zero-order valence-corrected chi connectivity index (χ0v) is 26.5. The zero-order chi connectivity index (χ0) is 30.9. The first-order chi connectivity index (χ1) is 20.3. The molecule has 43 heavy (non-hydrogen) atoms. The van der Waals surface area contributed by atoms with E-state index in [0.717, 1.165) is 42.2 Å². The van der Waals surface area contributed by atoms with Gasteiger partial charge in [0.05, 0.1) is 11.9 Å². The van der Waals surface area contributed by atoms with Crippen molar-refractivity contribution >= 4 is 26.8 Å². The number of carbonyl (C=O) groups is 1. The van der Waals surface area contributed by atoms with E-state index < -0.39 is 15.4 Å². The highest BCUT2D eigenvalue weighted by molar-refractivity contribution is 7.90. The first kappa shape index (κ1) is 31.1. The largest absolute Gasteiger partial charge is 0.490 e. The topological polar surface area (TPSA) is 120 Å². The molecule has 5 rings (SSSR count). The van der Waals surface area contributed by atoms with Gasteiger partial charge in [0, 0.05) is 74.2 Å². The Morgan fingerprint density at radius 3 is 2.47 bits per heavy atom. The van der Waals surface area contributed by atoms with Crippen LogP contribution in [0.25, 0.3) is 22.0 Å². The van der Waals surface area contributed by atoms with Crippen molar-refractivity contribution in [2.75, 3.05) is 25.4 Å². The standard InChI is InChI=1S/C32H43N3O7S/c1-6-43(38,39)20-22-7-8-28(26(15-22)27-18-34(5)30(36)29-25(27)9-12-33-29)41-24-16-23(17-24)40-19-21-10-13-35(14-11-21)31(37)42-32(2,3)4/h7-9,12,15,18,21,23-24,33H,6,10-11,13-14,16-17,19-20H2,1-5H3. The third-order valence-corrected chi connectivity index (χ3v) is 9.89. The Hall–Kier alpha value is -3.31. The summed E-state index contributed by atoms with van der Waals surface area (Å²) in [5.74, 6) is 1.06. The normalized spacial score (nSPS) is 19.8. The van der Waals surface area contributed by atoms with E-state index in [4.69, 9.17) is 14.2 Å². The van der Waals surface area contributed by atoms with Crippen molar-refractivity contribution in [2.45, 2.75) is 76.9 Å². The highest BCUT2D eigenvalue weighted by Crippen LogP contribution is 2.38. The predicted octanol–water partition coefficient (Wildman–Crippen LogP) is 5.04. The number of benzene rings is 1. The maximum absolute atomic E-state index is 12.7. The first-order valence-corrected chi connectivity index (χ1v) is 16.9. The van der Waals surface area contributed by atoms with E-state index in [2.05, 4.69) is 4.98 Å². The molecule has 11 heteroatoms. The summed E-state index contributed by atoms with van der Waals surface area (Å²) >= 11 is 0. The summed E-state index contributed by atoms with van der Waals surface area (Å²) in [6.45, 7) is 9.30. The number of carbonyl (C=O) groups excluding carboxylic acids is 1. The maximum Gasteiger partial charge on any atom is 0.410 e. The fourth-order valence-electron chi connectivity index (χ4n) is 5.63. The Morgan fingerprint density at radius 1 is 1.07 bits per heavy atom. The molecule has 1 N–H and O–H groups in total. The minimum Gasteiger partial charge on any atom is -0.490 e. The van der Waals surface area contributed by atoms with Gasteiger partial charge >= 0.3 is 6.09 Å². The molecule has 1 saturated heterocycles.